The maximum Gasteiger partial charge on any atom is 0.158 e. The normalized spacial score (nSPS) is 15.1. The van der Waals surface area contributed by atoms with Gasteiger partial charge in [0.2, 0.25) is 0 Å². The molecule has 1 aromatic heterocycles. The van der Waals surface area contributed by atoms with Crippen molar-refractivity contribution < 1.29 is 13.2 Å². The maximum atomic E-state index is 11.6. The van der Waals surface area contributed by atoms with Crippen LogP contribution in [-0.4, -0.2) is 36.5 Å². The number of hydrogen-bond donors (Lipinski definition) is 0. The molecule has 2 atom stereocenters. The van der Waals surface area contributed by atoms with Crippen LogP contribution in [0, 0.1) is 6.92 Å². The molecule has 100 valence electrons. The zero-order chi connectivity index (χ0) is 13.8. The smallest absolute Gasteiger partial charge is 0.158 e. The molecule has 0 aliphatic carbocycles. The summed E-state index contributed by atoms with van der Waals surface area (Å²) in [6, 6.07) is 0. The molecule has 1 heterocycles. The minimum Gasteiger partial charge on any atom is -0.365 e. The van der Waals surface area contributed by atoms with Crippen molar-refractivity contribution in [1.82, 2.24) is 9.97 Å². The number of aromatic nitrogens is 2. The van der Waals surface area contributed by atoms with Crippen molar-refractivity contribution in [3.8, 4) is 0 Å². The summed E-state index contributed by atoms with van der Waals surface area (Å²) in [7, 11) is -3.23. The Morgan fingerprint density at radius 2 is 2.00 bits per heavy atom. The number of sulfone groups is 1. The Bertz CT molecular complexity index is 497. The van der Waals surface area contributed by atoms with Gasteiger partial charge in [0, 0.05) is 18.6 Å². The van der Waals surface area contributed by atoms with E-state index in [4.69, 9.17) is 4.74 Å². The molecule has 0 spiro atoms. The second kappa shape index (κ2) is 6.06. The van der Waals surface area contributed by atoms with Gasteiger partial charge in [-0.05, 0) is 19.4 Å². The van der Waals surface area contributed by atoms with Gasteiger partial charge >= 0.3 is 0 Å². The molecular formula is C12H18N2O3S. The highest BCUT2D eigenvalue weighted by Crippen LogP contribution is 2.22. The fourth-order valence-electron chi connectivity index (χ4n) is 1.37. The van der Waals surface area contributed by atoms with E-state index in [1.54, 1.807) is 25.4 Å². The third-order valence-corrected chi connectivity index (χ3v) is 4.15. The Labute approximate surface area is 108 Å². The van der Waals surface area contributed by atoms with Gasteiger partial charge in [-0.15, -0.1) is 6.58 Å². The highest BCUT2D eigenvalue weighted by atomic mass is 32.2. The van der Waals surface area contributed by atoms with Crippen molar-refractivity contribution in [1.29, 1.82) is 0 Å². The minimum atomic E-state index is -3.23. The van der Waals surface area contributed by atoms with Gasteiger partial charge < -0.3 is 4.74 Å². The van der Waals surface area contributed by atoms with Gasteiger partial charge in [-0.2, -0.15) is 0 Å². The molecule has 1 rings (SSSR count). The van der Waals surface area contributed by atoms with Crippen LogP contribution in [0.5, 0.6) is 0 Å². The summed E-state index contributed by atoms with van der Waals surface area (Å²) in [5.74, 6) is 0.375. The summed E-state index contributed by atoms with van der Waals surface area (Å²) in [6.07, 6.45) is 5.34. The van der Waals surface area contributed by atoms with Crippen LogP contribution in [0.4, 0.5) is 0 Å². The summed E-state index contributed by atoms with van der Waals surface area (Å²) >= 11 is 0. The lowest BCUT2D eigenvalue weighted by Gasteiger charge is -2.21. The second-order valence-electron chi connectivity index (χ2n) is 4.20. The lowest BCUT2D eigenvalue weighted by atomic mass is 10.2. The van der Waals surface area contributed by atoms with E-state index >= 15 is 0 Å². The van der Waals surface area contributed by atoms with E-state index in [2.05, 4.69) is 16.5 Å². The van der Waals surface area contributed by atoms with Gasteiger partial charge in [0.15, 0.2) is 15.7 Å². The van der Waals surface area contributed by atoms with E-state index in [-0.39, 0.29) is 6.61 Å². The fourth-order valence-corrected chi connectivity index (χ4v) is 2.02. The van der Waals surface area contributed by atoms with E-state index in [0.717, 1.165) is 5.56 Å². The molecule has 0 bridgehead atoms. The Hall–Kier alpha value is -1.27. The average molecular weight is 270 g/mol. The van der Waals surface area contributed by atoms with Gasteiger partial charge in [-0.25, -0.2) is 18.4 Å². The molecule has 0 saturated carbocycles. The number of nitrogens with zero attached hydrogens (tertiary/aromatic N) is 2. The zero-order valence-electron chi connectivity index (χ0n) is 10.8. The van der Waals surface area contributed by atoms with Gasteiger partial charge in [-0.3, -0.25) is 0 Å². The van der Waals surface area contributed by atoms with Crippen molar-refractivity contribution >= 4 is 9.84 Å². The SMILES string of the molecule is C=CCO[C@H](c1ncc(C)cn1)[C@H](C)S(C)(=O)=O. The maximum absolute atomic E-state index is 11.6. The van der Waals surface area contributed by atoms with Crippen LogP contribution in [0.2, 0.25) is 0 Å². The van der Waals surface area contributed by atoms with Crippen LogP contribution in [0.25, 0.3) is 0 Å². The summed E-state index contributed by atoms with van der Waals surface area (Å²) < 4.78 is 28.7. The second-order valence-corrected chi connectivity index (χ2v) is 6.60. The average Bonchev–Trinajstić information content (AvgIpc) is 2.30. The monoisotopic (exact) mass is 270 g/mol. The summed E-state index contributed by atoms with van der Waals surface area (Å²) in [5, 5.41) is -0.708. The number of ether oxygens (including phenoxy) is 1. The standard InChI is InChI=1S/C12H18N2O3S/c1-5-6-17-11(10(3)18(4,15)16)12-13-7-9(2)8-14-12/h5,7-8,10-11H,1,6H2,2-4H3/t10-,11-/m0/s1. The first kappa shape index (κ1) is 14.8. The van der Waals surface area contributed by atoms with Crippen molar-refractivity contribution in [2.24, 2.45) is 0 Å². The highest BCUT2D eigenvalue weighted by molar-refractivity contribution is 7.91. The summed E-state index contributed by atoms with van der Waals surface area (Å²) in [6.45, 7) is 7.25. The Balaban J connectivity index is 3.04. The predicted octanol–water partition coefficient (Wildman–Crippen LogP) is 1.46. The van der Waals surface area contributed by atoms with Gasteiger partial charge in [-0.1, -0.05) is 6.08 Å². The third kappa shape index (κ3) is 3.89. The van der Waals surface area contributed by atoms with Crippen molar-refractivity contribution in [3.63, 3.8) is 0 Å². The van der Waals surface area contributed by atoms with Crippen LogP contribution in [0.1, 0.15) is 24.4 Å². The lowest BCUT2D eigenvalue weighted by Crippen LogP contribution is -2.28. The van der Waals surface area contributed by atoms with Crippen LogP contribution in [0.3, 0.4) is 0 Å². The van der Waals surface area contributed by atoms with E-state index in [0.29, 0.717) is 5.82 Å². The van der Waals surface area contributed by atoms with Gasteiger partial charge in [0.1, 0.15) is 6.10 Å². The number of rotatable bonds is 6. The molecule has 0 saturated heterocycles. The van der Waals surface area contributed by atoms with Crippen LogP contribution < -0.4 is 0 Å². The zero-order valence-corrected chi connectivity index (χ0v) is 11.6. The fraction of sp³-hybridized carbons (Fsp3) is 0.500. The Morgan fingerprint density at radius 3 is 2.44 bits per heavy atom. The van der Waals surface area contributed by atoms with Crippen LogP contribution >= 0.6 is 0 Å². The molecule has 18 heavy (non-hydrogen) atoms. The topological polar surface area (TPSA) is 69.2 Å². The van der Waals surface area contributed by atoms with E-state index in [1.807, 2.05) is 6.92 Å². The summed E-state index contributed by atoms with van der Waals surface area (Å²) in [5.41, 5.74) is 0.910. The summed E-state index contributed by atoms with van der Waals surface area (Å²) in [4.78, 5) is 8.26. The highest BCUT2D eigenvalue weighted by Gasteiger charge is 2.30. The minimum absolute atomic E-state index is 0.252. The van der Waals surface area contributed by atoms with E-state index in [9.17, 15) is 8.42 Å². The molecule has 5 nitrogen and oxygen atoms in total. The van der Waals surface area contributed by atoms with E-state index < -0.39 is 21.2 Å². The number of hydrogen-bond acceptors (Lipinski definition) is 5. The first-order valence-corrected chi connectivity index (χ1v) is 7.51. The largest absolute Gasteiger partial charge is 0.365 e. The molecule has 0 fully saturated rings. The number of aryl methyl sites for hydroxylation is 1. The van der Waals surface area contributed by atoms with Crippen molar-refractivity contribution in [2.75, 3.05) is 12.9 Å². The first-order chi connectivity index (χ1) is 8.36. The first-order valence-electron chi connectivity index (χ1n) is 5.56. The molecular weight excluding hydrogens is 252 g/mol. The van der Waals surface area contributed by atoms with E-state index in [1.165, 1.54) is 6.26 Å². The van der Waals surface area contributed by atoms with Crippen molar-refractivity contribution in [2.45, 2.75) is 25.2 Å². The molecule has 0 unspecified atom stereocenters. The molecule has 0 radical (unpaired) electrons. The van der Waals surface area contributed by atoms with Gasteiger partial charge in [0.05, 0.1) is 11.9 Å². The molecule has 0 aliphatic rings. The van der Waals surface area contributed by atoms with Crippen molar-refractivity contribution in [3.05, 3.63) is 36.4 Å². The van der Waals surface area contributed by atoms with Crippen LogP contribution in [-0.2, 0) is 14.6 Å². The van der Waals surface area contributed by atoms with Crippen LogP contribution in [0.15, 0.2) is 25.0 Å². The molecule has 0 N–H and O–H groups in total. The molecule has 0 amide bonds. The lowest BCUT2D eigenvalue weighted by molar-refractivity contribution is 0.0670. The molecule has 1 aromatic rings. The quantitative estimate of drug-likeness (QED) is 0.732. The van der Waals surface area contributed by atoms with Gasteiger partial charge in [0.25, 0.3) is 0 Å². The Kier molecular flexibility index (Phi) is 4.98. The molecule has 6 heteroatoms. The Morgan fingerprint density at radius 1 is 1.44 bits per heavy atom. The molecule has 0 aliphatic heterocycles. The molecule has 0 aromatic carbocycles. The predicted molar refractivity (Wildman–Crippen MR) is 70.0 cm³/mol. The third-order valence-electron chi connectivity index (χ3n) is 2.55.